The van der Waals surface area contributed by atoms with Crippen molar-refractivity contribution in [2.75, 3.05) is 38.7 Å². The van der Waals surface area contributed by atoms with Crippen LogP contribution in [0.5, 0.6) is 5.75 Å². The molecule has 0 radical (unpaired) electrons. The first-order chi connectivity index (χ1) is 8.27. The van der Waals surface area contributed by atoms with Crippen molar-refractivity contribution in [1.82, 2.24) is 10.3 Å². The van der Waals surface area contributed by atoms with Gasteiger partial charge in [-0.3, -0.25) is 4.98 Å². The second-order valence-corrected chi connectivity index (χ2v) is 4.11. The van der Waals surface area contributed by atoms with Crippen molar-refractivity contribution in [3.05, 3.63) is 18.5 Å². The lowest BCUT2D eigenvalue weighted by Crippen LogP contribution is -2.22. The van der Waals surface area contributed by atoms with Gasteiger partial charge in [-0.25, -0.2) is 0 Å². The lowest BCUT2D eigenvalue weighted by molar-refractivity contribution is 0.316. The Kier molecular flexibility index (Phi) is 6.40. The van der Waals surface area contributed by atoms with E-state index in [-0.39, 0.29) is 0 Å². The van der Waals surface area contributed by atoms with Crippen molar-refractivity contribution in [2.45, 2.75) is 19.8 Å². The van der Waals surface area contributed by atoms with Crippen LogP contribution in [0.15, 0.2) is 18.5 Å². The average Bonchev–Trinajstić information content (AvgIpc) is 2.37. The van der Waals surface area contributed by atoms with Crippen LogP contribution in [0.25, 0.3) is 0 Å². The molecule has 0 aliphatic rings. The maximum Gasteiger partial charge on any atom is 0.139 e. The Balaban J connectivity index is 2.51. The van der Waals surface area contributed by atoms with Crippen molar-refractivity contribution in [1.29, 1.82) is 0 Å². The fraction of sp³-hybridized carbons (Fsp3) is 0.615. The van der Waals surface area contributed by atoms with Crippen LogP contribution in [0.4, 0.5) is 5.69 Å². The van der Waals surface area contributed by atoms with Gasteiger partial charge in [0.25, 0.3) is 0 Å². The number of nitrogens with zero attached hydrogens (tertiary/aromatic N) is 2. The van der Waals surface area contributed by atoms with E-state index in [1.165, 1.54) is 0 Å². The molecule has 4 nitrogen and oxygen atoms in total. The summed E-state index contributed by atoms with van der Waals surface area (Å²) < 4.78 is 5.57. The molecule has 0 amide bonds. The van der Waals surface area contributed by atoms with E-state index in [0.717, 1.165) is 44.0 Å². The molecule has 17 heavy (non-hydrogen) atoms. The molecule has 1 aromatic rings. The van der Waals surface area contributed by atoms with E-state index in [9.17, 15) is 0 Å². The van der Waals surface area contributed by atoms with E-state index in [1.807, 2.05) is 19.3 Å². The zero-order valence-electron chi connectivity index (χ0n) is 11.1. The Labute approximate surface area is 104 Å². The van der Waals surface area contributed by atoms with Crippen molar-refractivity contribution < 1.29 is 4.74 Å². The van der Waals surface area contributed by atoms with Crippen LogP contribution in [0, 0.1) is 0 Å². The molecule has 0 bridgehead atoms. The average molecular weight is 237 g/mol. The lowest BCUT2D eigenvalue weighted by atomic mass is 10.3. The molecule has 1 N–H and O–H groups in total. The molecule has 0 fully saturated rings. The van der Waals surface area contributed by atoms with Gasteiger partial charge in [0.1, 0.15) is 5.75 Å². The molecule has 0 saturated heterocycles. The molecule has 4 heteroatoms. The van der Waals surface area contributed by atoms with Crippen LogP contribution in [-0.4, -0.2) is 38.8 Å². The smallest absolute Gasteiger partial charge is 0.139 e. The fourth-order valence-electron chi connectivity index (χ4n) is 1.54. The first-order valence-corrected chi connectivity index (χ1v) is 6.21. The summed E-state index contributed by atoms with van der Waals surface area (Å²) >= 11 is 0. The predicted molar refractivity (Wildman–Crippen MR) is 71.8 cm³/mol. The molecule has 0 aliphatic carbocycles. The van der Waals surface area contributed by atoms with Crippen molar-refractivity contribution >= 4 is 5.69 Å². The van der Waals surface area contributed by atoms with Gasteiger partial charge in [0.05, 0.1) is 24.7 Å². The number of hydrogen-bond donors (Lipinski definition) is 1. The molecule has 0 saturated carbocycles. The highest BCUT2D eigenvalue weighted by atomic mass is 16.5. The SMILES string of the molecule is CCCOc1cncc(N(C)CCCNC)c1. The van der Waals surface area contributed by atoms with Crippen LogP contribution in [-0.2, 0) is 0 Å². The number of rotatable bonds is 8. The van der Waals surface area contributed by atoms with Gasteiger partial charge in [-0.2, -0.15) is 0 Å². The minimum absolute atomic E-state index is 0.745. The summed E-state index contributed by atoms with van der Waals surface area (Å²) in [5.74, 6) is 0.852. The first kappa shape index (κ1) is 13.8. The highest BCUT2D eigenvalue weighted by Crippen LogP contribution is 2.18. The third kappa shape index (κ3) is 5.04. The van der Waals surface area contributed by atoms with Crippen molar-refractivity contribution in [2.24, 2.45) is 0 Å². The van der Waals surface area contributed by atoms with E-state index < -0.39 is 0 Å². The fourth-order valence-corrected chi connectivity index (χ4v) is 1.54. The molecular weight excluding hydrogens is 214 g/mol. The number of ether oxygens (including phenoxy) is 1. The molecular formula is C13H23N3O. The summed E-state index contributed by atoms with van der Waals surface area (Å²) in [5.41, 5.74) is 1.11. The Hall–Kier alpha value is -1.29. The van der Waals surface area contributed by atoms with Gasteiger partial charge >= 0.3 is 0 Å². The topological polar surface area (TPSA) is 37.4 Å². The number of hydrogen-bond acceptors (Lipinski definition) is 4. The van der Waals surface area contributed by atoms with E-state index >= 15 is 0 Å². The second kappa shape index (κ2) is 7.90. The zero-order valence-corrected chi connectivity index (χ0v) is 11.1. The minimum atomic E-state index is 0.745. The summed E-state index contributed by atoms with van der Waals surface area (Å²) in [6.07, 6.45) is 5.77. The molecule has 0 spiro atoms. The summed E-state index contributed by atoms with van der Waals surface area (Å²) in [6.45, 7) is 4.89. The molecule has 1 heterocycles. The second-order valence-electron chi connectivity index (χ2n) is 4.11. The highest BCUT2D eigenvalue weighted by Gasteiger charge is 2.02. The molecule has 0 unspecified atom stereocenters. The largest absolute Gasteiger partial charge is 0.492 e. The van der Waals surface area contributed by atoms with E-state index in [2.05, 4.69) is 29.2 Å². The number of aromatic nitrogens is 1. The Bertz CT molecular complexity index is 317. The third-order valence-electron chi connectivity index (χ3n) is 2.53. The van der Waals surface area contributed by atoms with Gasteiger partial charge < -0.3 is 15.0 Å². The number of anilines is 1. The monoisotopic (exact) mass is 237 g/mol. The van der Waals surface area contributed by atoms with Crippen LogP contribution < -0.4 is 15.0 Å². The van der Waals surface area contributed by atoms with Crippen LogP contribution in [0.3, 0.4) is 0 Å². The highest BCUT2D eigenvalue weighted by molar-refractivity contribution is 5.47. The number of pyridine rings is 1. The maximum absolute atomic E-state index is 5.57. The van der Waals surface area contributed by atoms with Gasteiger partial charge in [0.15, 0.2) is 0 Å². The Morgan fingerprint density at radius 1 is 1.41 bits per heavy atom. The molecule has 0 aromatic carbocycles. The normalized spacial score (nSPS) is 10.3. The summed E-state index contributed by atoms with van der Waals surface area (Å²) in [4.78, 5) is 6.40. The minimum Gasteiger partial charge on any atom is -0.492 e. The Morgan fingerprint density at radius 3 is 2.94 bits per heavy atom. The van der Waals surface area contributed by atoms with Gasteiger partial charge in [0.2, 0.25) is 0 Å². The van der Waals surface area contributed by atoms with Crippen LogP contribution in [0.2, 0.25) is 0 Å². The van der Waals surface area contributed by atoms with Gasteiger partial charge in [-0.1, -0.05) is 6.92 Å². The molecule has 0 aliphatic heterocycles. The quantitative estimate of drug-likeness (QED) is 0.701. The lowest BCUT2D eigenvalue weighted by Gasteiger charge is -2.19. The summed E-state index contributed by atoms with van der Waals surface area (Å²) in [5, 5.41) is 3.15. The van der Waals surface area contributed by atoms with Gasteiger partial charge in [-0.05, 0) is 26.4 Å². The van der Waals surface area contributed by atoms with Crippen molar-refractivity contribution in [3.63, 3.8) is 0 Å². The van der Waals surface area contributed by atoms with E-state index in [4.69, 9.17) is 4.74 Å². The standard InChI is InChI=1S/C13H23N3O/c1-4-8-17-13-9-12(10-15-11-13)16(3)7-5-6-14-2/h9-11,14H,4-8H2,1-3H3. The summed E-state index contributed by atoms with van der Waals surface area (Å²) in [7, 11) is 4.05. The maximum atomic E-state index is 5.57. The molecule has 0 atom stereocenters. The summed E-state index contributed by atoms with van der Waals surface area (Å²) in [6, 6.07) is 2.04. The molecule has 96 valence electrons. The zero-order chi connectivity index (χ0) is 12.5. The van der Waals surface area contributed by atoms with Crippen molar-refractivity contribution in [3.8, 4) is 5.75 Å². The van der Waals surface area contributed by atoms with E-state index in [1.54, 1.807) is 6.20 Å². The predicted octanol–water partition coefficient (Wildman–Crippen LogP) is 1.92. The van der Waals surface area contributed by atoms with Crippen LogP contribution >= 0.6 is 0 Å². The first-order valence-electron chi connectivity index (χ1n) is 6.21. The van der Waals surface area contributed by atoms with Crippen LogP contribution in [0.1, 0.15) is 19.8 Å². The molecule has 1 rings (SSSR count). The number of nitrogens with one attached hydrogen (secondary N) is 1. The molecule has 1 aromatic heterocycles. The van der Waals surface area contributed by atoms with Gasteiger partial charge in [-0.15, -0.1) is 0 Å². The Morgan fingerprint density at radius 2 is 2.24 bits per heavy atom. The van der Waals surface area contributed by atoms with Gasteiger partial charge in [0, 0.05) is 19.7 Å². The van der Waals surface area contributed by atoms with E-state index in [0.29, 0.717) is 0 Å². The third-order valence-corrected chi connectivity index (χ3v) is 2.53.